The standard InChI is InChI=1S/C20H25N5O8/c21-12(6-16(27)28)18(31)25-15(9-26)20(33)24-14(19(32)23-8-17(29)30)5-10-7-22-13-4-2-1-3-11(10)13/h1-4,7,12,14-15,22,26H,5-6,8-9,21H2,(H,23,32)(H,24,33)(H,25,31)(H,27,28)(H,29,30). The second-order valence-electron chi connectivity index (χ2n) is 7.18. The first-order valence-electron chi connectivity index (χ1n) is 9.85. The van der Waals surface area contributed by atoms with Crippen LogP contribution < -0.4 is 21.7 Å². The second kappa shape index (κ2) is 11.6. The van der Waals surface area contributed by atoms with Crippen molar-refractivity contribution < 1.29 is 39.3 Å². The third kappa shape index (κ3) is 7.29. The number of benzene rings is 1. The quantitative estimate of drug-likeness (QED) is 0.169. The smallest absolute Gasteiger partial charge is 0.322 e. The van der Waals surface area contributed by atoms with Gasteiger partial charge in [-0.15, -0.1) is 0 Å². The van der Waals surface area contributed by atoms with Crippen molar-refractivity contribution >= 4 is 40.6 Å². The van der Waals surface area contributed by atoms with E-state index in [1.807, 2.05) is 12.1 Å². The van der Waals surface area contributed by atoms with Gasteiger partial charge in [-0.2, -0.15) is 0 Å². The number of amides is 3. The zero-order valence-corrected chi connectivity index (χ0v) is 17.4. The first-order valence-corrected chi connectivity index (χ1v) is 9.85. The minimum Gasteiger partial charge on any atom is -0.481 e. The summed E-state index contributed by atoms with van der Waals surface area (Å²) in [5, 5.41) is 34.6. The lowest BCUT2D eigenvalue weighted by molar-refractivity contribution is -0.140. The van der Waals surface area contributed by atoms with Crippen molar-refractivity contribution in [2.75, 3.05) is 13.2 Å². The van der Waals surface area contributed by atoms with Crippen molar-refractivity contribution in [2.45, 2.75) is 31.0 Å². The van der Waals surface area contributed by atoms with Crippen molar-refractivity contribution in [1.29, 1.82) is 0 Å². The molecule has 3 unspecified atom stereocenters. The number of aromatic nitrogens is 1. The number of para-hydroxylation sites is 1. The van der Waals surface area contributed by atoms with Crippen LogP contribution in [0.3, 0.4) is 0 Å². The Morgan fingerprint density at radius 2 is 1.61 bits per heavy atom. The SMILES string of the molecule is NC(CC(=O)O)C(=O)NC(CO)C(=O)NC(Cc1c[nH]c2ccccc12)C(=O)NCC(=O)O. The van der Waals surface area contributed by atoms with Crippen LogP contribution in [0.5, 0.6) is 0 Å². The number of nitrogens with one attached hydrogen (secondary N) is 4. The van der Waals surface area contributed by atoms with E-state index < -0.39 is 67.4 Å². The fourth-order valence-electron chi connectivity index (χ4n) is 3.04. The monoisotopic (exact) mass is 463 g/mol. The van der Waals surface area contributed by atoms with Crippen LogP contribution >= 0.6 is 0 Å². The van der Waals surface area contributed by atoms with Crippen molar-refractivity contribution in [3.63, 3.8) is 0 Å². The molecular weight excluding hydrogens is 438 g/mol. The number of carbonyl (C=O) groups excluding carboxylic acids is 3. The van der Waals surface area contributed by atoms with Gasteiger partial charge in [0.15, 0.2) is 0 Å². The number of aliphatic hydroxyl groups excluding tert-OH is 1. The number of carbonyl (C=O) groups is 5. The summed E-state index contributed by atoms with van der Waals surface area (Å²) in [5.74, 6) is -5.31. The lowest BCUT2D eigenvalue weighted by atomic mass is 10.0. The minimum absolute atomic E-state index is 0.0220. The highest BCUT2D eigenvalue weighted by molar-refractivity contribution is 5.95. The number of hydrogen-bond acceptors (Lipinski definition) is 7. The maximum absolute atomic E-state index is 12.7. The summed E-state index contributed by atoms with van der Waals surface area (Å²) < 4.78 is 0. The summed E-state index contributed by atoms with van der Waals surface area (Å²) in [7, 11) is 0. The molecule has 13 nitrogen and oxygen atoms in total. The highest BCUT2D eigenvalue weighted by Gasteiger charge is 2.29. The number of hydrogen-bond donors (Lipinski definition) is 8. The molecule has 1 aromatic carbocycles. The van der Waals surface area contributed by atoms with Crippen molar-refractivity contribution in [2.24, 2.45) is 5.73 Å². The zero-order chi connectivity index (χ0) is 24.5. The molecule has 178 valence electrons. The highest BCUT2D eigenvalue weighted by atomic mass is 16.4. The van der Waals surface area contributed by atoms with E-state index in [0.717, 1.165) is 10.9 Å². The number of carboxylic acid groups (broad SMARTS) is 2. The van der Waals surface area contributed by atoms with Gasteiger partial charge in [-0.1, -0.05) is 18.2 Å². The van der Waals surface area contributed by atoms with E-state index in [4.69, 9.17) is 15.9 Å². The number of nitrogens with two attached hydrogens (primary N) is 1. The molecule has 2 aromatic rings. The van der Waals surface area contributed by atoms with Gasteiger partial charge in [0.1, 0.15) is 18.6 Å². The van der Waals surface area contributed by atoms with Crippen LogP contribution in [-0.4, -0.2) is 81.2 Å². The molecule has 0 saturated carbocycles. The molecule has 33 heavy (non-hydrogen) atoms. The Hall–Kier alpha value is -3.97. The number of H-pyrrole nitrogens is 1. The average Bonchev–Trinajstić information content (AvgIpc) is 3.17. The van der Waals surface area contributed by atoms with Crippen molar-refractivity contribution in [1.82, 2.24) is 20.9 Å². The van der Waals surface area contributed by atoms with Gasteiger partial charge < -0.3 is 42.0 Å². The Labute approximate surface area is 187 Å². The summed E-state index contributed by atoms with van der Waals surface area (Å²) in [6.07, 6.45) is 0.933. The normalized spacial score (nSPS) is 13.5. The van der Waals surface area contributed by atoms with Gasteiger partial charge in [0.25, 0.3) is 0 Å². The topological polar surface area (TPSA) is 224 Å². The molecule has 0 fully saturated rings. The van der Waals surface area contributed by atoms with Gasteiger partial charge >= 0.3 is 11.9 Å². The second-order valence-corrected chi connectivity index (χ2v) is 7.18. The molecular formula is C20H25N5O8. The summed E-state index contributed by atoms with van der Waals surface area (Å²) in [6, 6.07) is 3.00. The van der Waals surface area contributed by atoms with E-state index >= 15 is 0 Å². The zero-order valence-electron chi connectivity index (χ0n) is 17.4. The van der Waals surface area contributed by atoms with Crippen molar-refractivity contribution in [3.8, 4) is 0 Å². The molecule has 0 radical (unpaired) electrons. The van der Waals surface area contributed by atoms with Crippen LogP contribution in [-0.2, 0) is 30.4 Å². The molecule has 0 aliphatic rings. The molecule has 0 aliphatic heterocycles. The van der Waals surface area contributed by atoms with E-state index in [0.29, 0.717) is 5.56 Å². The van der Waals surface area contributed by atoms with E-state index in [1.165, 1.54) is 0 Å². The predicted octanol–water partition coefficient (Wildman–Crippen LogP) is -2.32. The maximum atomic E-state index is 12.7. The molecule has 3 amide bonds. The minimum atomic E-state index is -1.52. The molecule has 2 rings (SSSR count). The predicted molar refractivity (Wildman–Crippen MR) is 114 cm³/mol. The molecule has 0 aliphatic carbocycles. The Kier molecular flexibility index (Phi) is 8.89. The van der Waals surface area contributed by atoms with E-state index in [9.17, 15) is 29.1 Å². The number of aliphatic hydroxyl groups is 1. The molecule has 1 heterocycles. The van der Waals surface area contributed by atoms with Crippen LogP contribution in [0.2, 0.25) is 0 Å². The molecule has 1 aromatic heterocycles. The molecule has 13 heteroatoms. The first-order chi connectivity index (χ1) is 15.6. The Balaban J connectivity index is 2.16. The third-order valence-electron chi connectivity index (χ3n) is 4.69. The van der Waals surface area contributed by atoms with Crippen LogP contribution in [0.15, 0.2) is 30.5 Å². The van der Waals surface area contributed by atoms with E-state index in [2.05, 4.69) is 20.9 Å². The maximum Gasteiger partial charge on any atom is 0.322 e. The summed E-state index contributed by atoms with van der Waals surface area (Å²) in [4.78, 5) is 61.8. The fourth-order valence-corrected chi connectivity index (χ4v) is 3.04. The average molecular weight is 463 g/mol. The van der Waals surface area contributed by atoms with Gasteiger partial charge in [-0.25, -0.2) is 0 Å². The van der Waals surface area contributed by atoms with Crippen LogP contribution in [0.4, 0.5) is 0 Å². The first kappa shape index (κ1) is 25.3. The number of aromatic amines is 1. The number of carboxylic acids is 2. The highest BCUT2D eigenvalue weighted by Crippen LogP contribution is 2.19. The number of fused-ring (bicyclic) bond motifs is 1. The largest absolute Gasteiger partial charge is 0.481 e. The fraction of sp³-hybridized carbons (Fsp3) is 0.350. The van der Waals surface area contributed by atoms with E-state index in [1.54, 1.807) is 18.3 Å². The lowest BCUT2D eigenvalue weighted by Crippen LogP contribution is -2.57. The van der Waals surface area contributed by atoms with Gasteiger partial charge in [0.05, 0.1) is 19.1 Å². The third-order valence-corrected chi connectivity index (χ3v) is 4.69. The van der Waals surface area contributed by atoms with Gasteiger partial charge in [-0.05, 0) is 11.6 Å². The summed E-state index contributed by atoms with van der Waals surface area (Å²) >= 11 is 0. The lowest BCUT2D eigenvalue weighted by Gasteiger charge is -2.22. The Morgan fingerprint density at radius 1 is 0.939 bits per heavy atom. The molecule has 3 atom stereocenters. The summed E-state index contributed by atoms with van der Waals surface area (Å²) in [6.45, 7) is -1.53. The Bertz CT molecular complexity index is 1040. The number of rotatable bonds is 12. The molecule has 0 saturated heterocycles. The van der Waals surface area contributed by atoms with Gasteiger partial charge in [0, 0.05) is 23.5 Å². The van der Waals surface area contributed by atoms with Crippen LogP contribution in [0, 0.1) is 0 Å². The molecule has 0 spiro atoms. The van der Waals surface area contributed by atoms with Crippen LogP contribution in [0.25, 0.3) is 10.9 Å². The summed E-state index contributed by atoms with van der Waals surface area (Å²) in [5.41, 5.74) is 6.90. The van der Waals surface area contributed by atoms with Crippen LogP contribution in [0.1, 0.15) is 12.0 Å². The van der Waals surface area contributed by atoms with Crippen molar-refractivity contribution in [3.05, 3.63) is 36.0 Å². The Morgan fingerprint density at radius 3 is 2.24 bits per heavy atom. The van der Waals surface area contributed by atoms with E-state index in [-0.39, 0.29) is 6.42 Å². The van der Waals surface area contributed by atoms with Gasteiger partial charge in [0.2, 0.25) is 17.7 Å². The number of aliphatic carboxylic acids is 2. The molecule has 9 N–H and O–H groups in total. The molecule has 0 bridgehead atoms. The van der Waals surface area contributed by atoms with Gasteiger partial charge in [-0.3, -0.25) is 24.0 Å².